The Morgan fingerprint density at radius 3 is 2.48 bits per heavy atom. The van der Waals surface area contributed by atoms with Crippen LogP contribution < -0.4 is 20.7 Å². The molecule has 0 saturated heterocycles. The molecule has 2 rings (SSSR count). The molecule has 1 unspecified atom stereocenters. The van der Waals surface area contributed by atoms with Crippen LogP contribution in [0, 0.1) is 0 Å². The Morgan fingerprint density at radius 2 is 1.90 bits per heavy atom. The lowest BCUT2D eigenvalue weighted by Gasteiger charge is -2.20. The van der Waals surface area contributed by atoms with E-state index in [1.807, 2.05) is 36.4 Å². The van der Waals surface area contributed by atoms with Gasteiger partial charge in [-0.25, -0.2) is 5.43 Å². The highest BCUT2D eigenvalue weighted by atomic mass is 79.9. The van der Waals surface area contributed by atoms with E-state index in [1.54, 1.807) is 14.2 Å². The maximum atomic E-state index is 6.16. The summed E-state index contributed by atoms with van der Waals surface area (Å²) < 4.78 is 11.5. The molecule has 0 fully saturated rings. The molecule has 112 valence electrons. The largest absolute Gasteiger partial charge is 0.497 e. The van der Waals surface area contributed by atoms with Gasteiger partial charge < -0.3 is 9.47 Å². The number of halogens is 2. The third-order valence-electron chi connectivity index (χ3n) is 3.19. The number of ether oxygens (including phenoxy) is 2. The molecule has 2 aromatic rings. The van der Waals surface area contributed by atoms with Crippen LogP contribution in [-0.2, 0) is 0 Å². The Labute approximate surface area is 137 Å². The van der Waals surface area contributed by atoms with Crippen molar-refractivity contribution in [1.29, 1.82) is 0 Å². The first-order valence-corrected chi connectivity index (χ1v) is 7.40. The minimum atomic E-state index is -0.263. The van der Waals surface area contributed by atoms with Crippen molar-refractivity contribution in [3.05, 3.63) is 57.0 Å². The van der Waals surface area contributed by atoms with Gasteiger partial charge in [0.15, 0.2) is 0 Å². The van der Waals surface area contributed by atoms with Gasteiger partial charge in [-0.2, -0.15) is 0 Å². The van der Waals surface area contributed by atoms with Gasteiger partial charge in [0.25, 0.3) is 0 Å². The van der Waals surface area contributed by atoms with Crippen LogP contribution >= 0.6 is 27.5 Å². The van der Waals surface area contributed by atoms with Gasteiger partial charge >= 0.3 is 0 Å². The lowest BCUT2D eigenvalue weighted by molar-refractivity contribution is 0.394. The first kappa shape index (κ1) is 16.1. The van der Waals surface area contributed by atoms with Crippen LogP contribution in [0.2, 0.25) is 5.02 Å². The van der Waals surface area contributed by atoms with Crippen LogP contribution in [0.3, 0.4) is 0 Å². The summed E-state index contributed by atoms with van der Waals surface area (Å²) in [5, 5.41) is 0.620. The number of benzene rings is 2. The Morgan fingerprint density at radius 1 is 1.14 bits per heavy atom. The Hall–Kier alpha value is -1.27. The number of nitrogens with one attached hydrogen (secondary N) is 1. The van der Waals surface area contributed by atoms with Crippen LogP contribution in [0.1, 0.15) is 17.2 Å². The van der Waals surface area contributed by atoms with Gasteiger partial charge in [0.1, 0.15) is 11.5 Å². The van der Waals surface area contributed by atoms with Gasteiger partial charge in [0, 0.05) is 10.0 Å². The molecule has 1 atom stereocenters. The zero-order valence-electron chi connectivity index (χ0n) is 11.7. The van der Waals surface area contributed by atoms with E-state index in [-0.39, 0.29) is 6.04 Å². The summed E-state index contributed by atoms with van der Waals surface area (Å²) in [6.07, 6.45) is 0. The van der Waals surface area contributed by atoms with Gasteiger partial charge in [-0.3, -0.25) is 5.84 Å². The fraction of sp³-hybridized carbons (Fsp3) is 0.200. The molecule has 0 amide bonds. The van der Waals surface area contributed by atoms with Gasteiger partial charge in [-0.1, -0.05) is 17.7 Å². The second-order valence-corrected chi connectivity index (χ2v) is 5.64. The highest BCUT2D eigenvalue weighted by molar-refractivity contribution is 9.10. The molecule has 0 heterocycles. The van der Waals surface area contributed by atoms with Gasteiger partial charge in [-0.15, -0.1) is 0 Å². The van der Waals surface area contributed by atoms with Crippen molar-refractivity contribution in [2.75, 3.05) is 14.2 Å². The standard InChI is InChI=1S/C15H16BrClN2O2/c1-20-10-4-6-14(21-2)11(8-10)15(19-18)9-3-5-12(16)13(17)7-9/h3-8,15,19H,18H2,1-2H3. The molecule has 0 saturated carbocycles. The Bertz CT molecular complexity index is 637. The van der Waals surface area contributed by atoms with E-state index in [9.17, 15) is 0 Å². The van der Waals surface area contributed by atoms with Gasteiger partial charge in [0.05, 0.1) is 25.3 Å². The number of hydrogen-bond acceptors (Lipinski definition) is 4. The van der Waals surface area contributed by atoms with Gasteiger partial charge in [-0.05, 0) is 51.8 Å². The molecule has 0 radical (unpaired) electrons. The zero-order valence-corrected chi connectivity index (χ0v) is 14.0. The Balaban J connectivity index is 2.51. The molecule has 0 aliphatic carbocycles. The summed E-state index contributed by atoms with van der Waals surface area (Å²) in [4.78, 5) is 0. The van der Waals surface area contributed by atoms with E-state index in [1.165, 1.54) is 0 Å². The second kappa shape index (κ2) is 7.13. The van der Waals surface area contributed by atoms with Crippen molar-refractivity contribution in [1.82, 2.24) is 5.43 Å². The van der Waals surface area contributed by atoms with Gasteiger partial charge in [0.2, 0.25) is 0 Å². The fourth-order valence-corrected chi connectivity index (χ4v) is 2.56. The van der Waals surface area contributed by atoms with Crippen molar-refractivity contribution < 1.29 is 9.47 Å². The number of nitrogens with two attached hydrogens (primary N) is 1. The second-order valence-electron chi connectivity index (χ2n) is 4.38. The molecular formula is C15H16BrClN2O2. The normalized spacial score (nSPS) is 12.0. The van der Waals surface area contributed by atoms with E-state index >= 15 is 0 Å². The van der Waals surface area contributed by atoms with Crippen molar-refractivity contribution in [3.8, 4) is 11.5 Å². The maximum Gasteiger partial charge on any atom is 0.124 e. The average Bonchev–Trinajstić information content (AvgIpc) is 2.51. The molecule has 4 nitrogen and oxygen atoms in total. The summed E-state index contributed by atoms with van der Waals surface area (Å²) >= 11 is 9.54. The first-order chi connectivity index (χ1) is 10.1. The van der Waals surface area contributed by atoms with E-state index in [0.717, 1.165) is 27.1 Å². The molecule has 0 spiro atoms. The maximum absolute atomic E-state index is 6.16. The molecular weight excluding hydrogens is 356 g/mol. The molecule has 3 N–H and O–H groups in total. The molecule has 2 aromatic carbocycles. The fourth-order valence-electron chi connectivity index (χ4n) is 2.12. The quantitative estimate of drug-likeness (QED) is 0.622. The highest BCUT2D eigenvalue weighted by Gasteiger charge is 2.18. The monoisotopic (exact) mass is 370 g/mol. The summed E-state index contributed by atoms with van der Waals surface area (Å²) in [6, 6.07) is 11.0. The number of rotatable bonds is 5. The molecule has 0 aliphatic rings. The smallest absolute Gasteiger partial charge is 0.124 e. The molecule has 21 heavy (non-hydrogen) atoms. The van der Waals surface area contributed by atoms with Crippen molar-refractivity contribution in [2.24, 2.45) is 5.84 Å². The predicted octanol–water partition coefficient (Wildman–Crippen LogP) is 3.67. The van der Waals surface area contributed by atoms with Crippen LogP contribution in [0.15, 0.2) is 40.9 Å². The molecule has 6 heteroatoms. The molecule has 0 aliphatic heterocycles. The van der Waals surface area contributed by atoms with E-state index in [2.05, 4.69) is 21.4 Å². The summed E-state index contributed by atoms with van der Waals surface area (Å²) in [6.45, 7) is 0. The first-order valence-electron chi connectivity index (χ1n) is 6.23. The van der Waals surface area contributed by atoms with Crippen molar-refractivity contribution in [3.63, 3.8) is 0 Å². The van der Waals surface area contributed by atoms with E-state index in [0.29, 0.717) is 5.02 Å². The average molecular weight is 372 g/mol. The molecule has 0 aromatic heterocycles. The zero-order chi connectivity index (χ0) is 15.4. The third kappa shape index (κ3) is 3.49. The minimum Gasteiger partial charge on any atom is -0.497 e. The summed E-state index contributed by atoms with van der Waals surface area (Å²) in [5.41, 5.74) is 4.60. The van der Waals surface area contributed by atoms with Crippen LogP contribution in [0.4, 0.5) is 0 Å². The van der Waals surface area contributed by atoms with Crippen LogP contribution in [0.25, 0.3) is 0 Å². The SMILES string of the molecule is COc1ccc(OC)c(C(NN)c2ccc(Br)c(Cl)c2)c1. The van der Waals surface area contributed by atoms with Crippen LogP contribution in [0.5, 0.6) is 11.5 Å². The summed E-state index contributed by atoms with van der Waals surface area (Å²) in [5.74, 6) is 7.19. The topological polar surface area (TPSA) is 56.5 Å². The highest BCUT2D eigenvalue weighted by Crippen LogP contribution is 2.34. The Kier molecular flexibility index (Phi) is 5.47. The van der Waals surface area contributed by atoms with E-state index < -0.39 is 0 Å². The third-order valence-corrected chi connectivity index (χ3v) is 4.42. The predicted molar refractivity (Wildman–Crippen MR) is 87.9 cm³/mol. The summed E-state index contributed by atoms with van der Waals surface area (Å²) in [7, 11) is 3.24. The number of methoxy groups -OCH3 is 2. The van der Waals surface area contributed by atoms with Crippen molar-refractivity contribution >= 4 is 27.5 Å². The van der Waals surface area contributed by atoms with Crippen LogP contribution in [-0.4, -0.2) is 14.2 Å². The molecule has 0 bridgehead atoms. The lowest BCUT2D eigenvalue weighted by Crippen LogP contribution is -2.29. The van der Waals surface area contributed by atoms with Crippen molar-refractivity contribution in [2.45, 2.75) is 6.04 Å². The lowest BCUT2D eigenvalue weighted by atomic mass is 9.98. The van der Waals surface area contributed by atoms with E-state index in [4.69, 9.17) is 26.9 Å². The number of hydrogen-bond donors (Lipinski definition) is 2. The minimum absolute atomic E-state index is 0.263. The number of hydrazine groups is 1.